The molecule has 35 heavy (non-hydrogen) atoms. The van der Waals surface area contributed by atoms with Gasteiger partial charge in [-0.05, 0) is 23.9 Å². The number of hydrogen-bond donors (Lipinski definition) is 2. The zero-order valence-electron chi connectivity index (χ0n) is 18.9. The molecule has 0 saturated carbocycles. The second kappa shape index (κ2) is 10.2. The minimum atomic E-state index is -1.33. The van der Waals surface area contributed by atoms with Crippen LogP contribution in [0.25, 0.3) is 10.8 Å². The predicted molar refractivity (Wildman–Crippen MR) is 126 cm³/mol. The van der Waals surface area contributed by atoms with E-state index in [1.807, 2.05) is 12.1 Å². The van der Waals surface area contributed by atoms with E-state index >= 15 is 0 Å². The van der Waals surface area contributed by atoms with E-state index in [1.165, 1.54) is 7.05 Å². The van der Waals surface area contributed by atoms with Gasteiger partial charge < -0.3 is 10.1 Å². The Morgan fingerprint density at radius 2 is 1.51 bits per heavy atom. The molecule has 178 valence electrons. The van der Waals surface area contributed by atoms with E-state index in [0.717, 1.165) is 10.3 Å². The molecule has 0 saturated heterocycles. The van der Waals surface area contributed by atoms with Gasteiger partial charge in [-0.25, -0.2) is 4.79 Å². The molecule has 1 heterocycles. The number of amides is 5. The average Bonchev–Trinajstić information content (AvgIpc) is 2.88. The molecule has 1 unspecified atom stereocenters. The van der Waals surface area contributed by atoms with Crippen molar-refractivity contribution in [2.75, 3.05) is 13.6 Å². The van der Waals surface area contributed by atoms with Gasteiger partial charge in [-0.15, -0.1) is 0 Å². The van der Waals surface area contributed by atoms with Gasteiger partial charge in [0.05, 0.1) is 0 Å². The summed E-state index contributed by atoms with van der Waals surface area (Å²) in [5.74, 6) is -2.33. The molecule has 4 rings (SSSR count). The molecular weight excluding hydrogens is 450 g/mol. The van der Waals surface area contributed by atoms with Crippen molar-refractivity contribution in [2.45, 2.75) is 18.9 Å². The van der Waals surface area contributed by atoms with Crippen LogP contribution in [-0.4, -0.2) is 48.2 Å². The molecular formula is C26H23N3O6. The van der Waals surface area contributed by atoms with E-state index in [4.69, 9.17) is 4.74 Å². The van der Waals surface area contributed by atoms with E-state index in [2.05, 4.69) is 10.6 Å². The number of carbonyl (C=O) groups excluding carboxylic acids is 5. The number of hydrogen-bond acceptors (Lipinski definition) is 6. The van der Waals surface area contributed by atoms with Crippen LogP contribution >= 0.6 is 0 Å². The highest BCUT2D eigenvalue weighted by molar-refractivity contribution is 6.25. The highest BCUT2D eigenvalue weighted by Crippen LogP contribution is 2.30. The minimum Gasteiger partial charge on any atom is -0.447 e. The van der Waals surface area contributed by atoms with Crippen molar-refractivity contribution in [1.82, 2.24) is 15.5 Å². The van der Waals surface area contributed by atoms with Crippen LogP contribution in [0.2, 0.25) is 0 Å². The molecule has 0 fully saturated rings. The highest BCUT2D eigenvalue weighted by Gasteiger charge is 2.32. The van der Waals surface area contributed by atoms with Crippen molar-refractivity contribution in [3.05, 3.63) is 83.4 Å². The fourth-order valence-electron chi connectivity index (χ4n) is 4.00. The number of carbonyl (C=O) groups is 5. The SMILES string of the molecule is CNC(=O)NC(=O)C(OC(=O)CCCN1C(=O)c2cccc3cccc(c23)C1=O)c1ccccc1. The molecule has 0 radical (unpaired) electrons. The summed E-state index contributed by atoms with van der Waals surface area (Å²) in [6.45, 7) is 0.0118. The summed E-state index contributed by atoms with van der Waals surface area (Å²) in [5, 5.41) is 5.82. The number of urea groups is 1. The lowest BCUT2D eigenvalue weighted by atomic mass is 9.94. The maximum atomic E-state index is 13.0. The van der Waals surface area contributed by atoms with Gasteiger partial charge in [0, 0.05) is 42.1 Å². The van der Waals surface area contributed by atoms with Gasteiger partial charge >= 0.3 is 12.0 Å². The van der Waals surface area contributed by atoms with Crippen LogP contribution < -0.4 is 10.6 Å². The first-order valence-electron chi connectivity index (χ1n) is 11.1. The Morgan fingerprint density at radius 1 is 0.886 bits per heavy atom. The lowest BCUT2D eigenvalue weighted by Crippen LogP contribution is -2.41. The summed E-state index contributed by atoms with van der Waals surface area (Å²) in [7, 11) is 1.36. The maximum absolute atomic E-state index is 13.0. The average molecular weight is 473 g/mol. The zero-order chi connectivity index (χ0) is 24.9. The van der Waals surface area contributed by atoms with Crippen molar-refractivity contribution in [2.24, 2.45) is 0 Å². The number of esters is 1. The van der Waals surface area contributed by atoms with E-state index in [0.29, 0.717) is 22.1 Å². The highest BCUT2D eigenvalue weighted by atomic mass is 16.5. The molecule has 2 N–H and O–H groups in total. The van der Waals surface area contributed by atoms with Crippen molar-refractivity contribution < 1.29 is 28.7 Å². The monoisotopic (exact) mass is 473 g/mol. The molecule has 0 bridgehead atoms. The van der Waals surface area contributed by atoms with Gasteiger partial charge in [-0.2, -0.15) is 0 Å². The molecule has 9 heteroatoms. The fraction of sp³-hybridized carbons (Fsp3) is 0.192. The third-order valence-electron chi connectivity index (χ3n) is 5.67. The molecule has 3 aromatic rings. The first-order valence-corrected chi connectivity index (χ1v) is 11.1. The molecule has 1 aliphatic heterocycles. The van der Waals surface area contributed by atoms with E-state index in [-0.39, 0.29) is 19.4 Å². The second-order valence-electron chi connectivity index (χ2n) is 7.92. The first kappa shape index (κ1) is 23.6. The standard InChI is InChI=1S/C26H23N3O6/c1-27-26(34)28-23(31)22(17-8-3-2-4-9-17)35-20(30)14-7-15-29-24(32)18-12-5-10-16-11-6-13-19(21(16)18)25(29)33/h2-6,8-13,22H,7,14-15H2,1H3,(H2,27,28,31,34). The Kier molecular flexibility index (Phi) is 6.86. The number of imide groups is 2. The van der Waals surface area contributed by atoms with Gasteiger partial charge in [0.1, 0.15) is 0 Å². The van der Waals surface area contributed by atoms with Crippen LogP contribution in [0.3, 0.4) is 0 Å². The van der Waals surface area contributed by atoms with Gasteiger partial charge in [0.2, 0.25) is 6.10 Å². The van der Waals surface area contributed by atoms with Gasteiger partial charge in [-0.1, -0.05) is 54.6 Å². The minimum absolute atomic E-state index is 0.0118. The Morgan fingerprint density at radius 3 is 2.11 bits per heavy atom. The lowest BCUT2D eigenvalue weighted by molar-refractivity contribution is -0.156. The second-order valence-corrected chi connectivity index (χ2v) is 7.92. The summed E-state index contributed by atoms with van der Waals surface area (Å²) in [6.07, 6.45) is -1.32. The van der Waals surface area contributed by atoms with Crippen LogP contribution in [0.5, 0.6) is 0 Å². The molecule has 0 spiro atoms. The summed E-state index contributed by atoms with van der Waals surface area (Å²) < 4.78 is 5.37. The van der Waals surface area contributed by atoms with Crippen LogP contribution in [0.4, 0.5) is 4.79 Å². The Balaban J connectivity index is 1.42. The Hall–Kier alpha value is -4.53. The smallest absolute Gasteiger partial charge is 0.321 e. The largest absolute Gasteiger partial charge is 0.447 e. The molecule has 9 nitrogen and oxygen atoms in total. The summed E-state index contributed by atoms with van der Waals surface area (Å²) in [4.78, 5) is 63.7. The predicted octanol–water partition coefficient (Wildman–Crippen LogP) is 2.96. The number of nitrogens with zero attached hydrogens (tertiary/aromatic N) is 1. The van der Waals surface area contributed by atoms with Crippen molar-refractivity contribution >= 4 is 40.5 Å². The summed E-state index contributed by atoms with van der Waals surface area (Å²) in [5.41, 5.74) is 1.28. The maximum Gasteiger partial charge on any atom is 0.321 e. The fourth-order valence-corrected chi connectivity index (χ4v) is 4.00. The van der Waals surface area contributed by atoms with E-state index in [9.17, 15) is 24.0 Å². The van der Waals surface area contributed by atoms with Gasteiger partial charge in [0.15, 0.2) is 0 Å². The van der Waals surface area contributed by atoms with Crippen molar-refractivity contribution in [3.8, 4) is 0 Å². The third-order valence-corrected chi connectivity index (χ3v) is 5.67. The lowest BCUT2D eigenvalue weighted by Gasteiger charge is -2.27. The zero-order valence-corrected chi connectivity index (χ0v) is 18.9. The van der Waals surface area contributed by atoms with Crippen LogP contribution in [-0.2, 0) is 14.3 Å². The van der Waals surface area contributed by atoms with Crippen LogP contribution in [0.15, 0.2) is 66.7 Å². The third kappa shape index (κ3) is 4.89. The summed E-state index contributed by atoms with van der Waals surface area (Å²) in [6, 6.07) is 18.1. The molecule has 1 atom stereocenters. The number of nitrogens with one attached hydrogen (secondary N) is 2. The quantitative estimate of drug-likeness (QED) is 0.402. The molecule has 0 aliphatic carbocycles. The van der Waals surface area contributed by atoms with E-state index < -0.39 is 35.8 Å². The molecule has 1 aliphatic rings. The molecule has 0 aromatic heterocycles. The normalized spacial score (nSPS) is 13.3. The number of ether oxygens (including phenoxy) is 1. The number of benzene rings is 3. The molecule has 5 amide bonds. The van der Waals surface area contributed by atoms with Crippen LogP contribution in [0, 0.1) is 0 Å². The Bertz CT molecular complexity index is 1270. The summed E-state index contributed by atoms with van der Waals surface area (Å²) >= 11 is 0. The first-order chi connectivity index (χ1) is 16.9. The van der Waals surface area contributed by atoms with E-state index in [1.54, 1.807) is 54.6 Å². The number of rotatable bonds is 7. The Labute approximate surface area is 201 Å². The molecule has 3 aromatic carbocycles. The van der Waals surface area contributed by atoms with Crippen molar-refractivity contribution in [1.29, 1.82) is 0 Å². The van der Waals surface area contributed by atoms with Crippen LogP contribution in [0.1, 0.15) is 45.2 Å². The van der Waals surface area contributed by atoms with Crippen molar-refractivity contribution in [3.63, 3.8) is 0 Å². The topological polar surface area (TPSA) is 122 Å². The van der Waals surface area contributed by atoms with Gasteiger partial charge in [-0.3, -0.25) is 29.4 Å². The van der Waals surface area contributed by atoms with Gasteiger partial charge in [0.25, 0.3) is 17.7 Å².